The van der Waals surface area contributed by atoms with Gasteiger partial charge >= 0.3 is 0 Å². The molecule has 3 aliphatic heterocycles. The fourth-order valence-corrected chi connectivity index (χ4v) is 8.75. The van der Waals surface area contributed by atoms with Crippen LogP contribution in [0.25, 0.3) is 22.0 Å². The zero-order valence-corrected chi connectivity index (χ0v) is 27.0. The standard InChI is InChI=1S/C33H42ClF2N7O2/c1-5-26(44)41-17-32(18-41)14-23(15-32)43-21(4)27(28-24-16-37-38-25(24)13-20(3)29(28)34)30(39-43)42-10-9-40(22-7-11-45-12-8-22)19-33(42,6-2)31(35)36/h5,13,16,22-23,31H,1,6-12,14-15,17-19H2,2-4H3,(H,37,38)/t33-/m0/s1. The molecular weight excluding hydrogens is 600 g/mol. The maximum atomic E-state index is 15.6. The molecule has 5 heterocycles. The van der Waals surface area contributed by atoms with Crippen molar-refractivity contribution in [3.8, 4) is 11.1 Å². The Morgan fingerprint density at radius 3 is 2.58 bits per heavy atom. The van der Waals surface area contributed by atoms with Crippen LogP contribution < -0.4 is 4.90 Å². The van der Waals surface area contributed by atoms with Crippen LogP contribution in [0, 0.1) is 19.3 Å². The molecule has 1 N–H and O–H groups in total. The first kappa shape index (κ1) is 30.6. The van der Waals surface area contributed by atoms with Gasteiger partial charge in [0, 0.05) is 79.6 Å². The Morgan fingerprint density at radius 2 is 1.91 bits per heavy atom. The molecule has 0 unspecified atom stereocenters. The Hall–Kier alpha value is -3.02. The van der Waals surface area contributed by atoms with Crippen LogP contribution in [-0.2, 0) is 9.53 Å². The van der Waals surface area contributed by atoms with Crippen molar-refractivity contribution in [1.29, 1.82) is 0 Å². The van der Waals surface area contributed by atoms with E-state index in [2.05, 4.69) is 26.4 Å². The van der Waals surface area contributed by atoms with E-state index >= 15 is 8.78 Å². The minimum Gasteiger partial charge on any atom is -0.381 e. The molecule has 0 bridgehead atoms. The highest BCUT2D eigenvalue weighted by Crippen LogP contribution is 2.56. The van der Waals surface area contributed by atoms with Crippen molar-refractivity contribution in [3.05, 3.63) is 41.2 Å². The molecule has 4 aliphatic rings. The number of aromatic nitrogens is 4. The topological polar surface area (TPSA) is 82.5 Å². The third-order valence-electron chi connectivity index (χ3n) is 11.1. The zero-order valence-electron chi connectivity index (χ0n) is 26.3. The number of nitrogens with one attached hydrogen (secondary N) is 1. The van der Waals surface area contributed by atoms with E-state index in [0.29, 0.717) is 50.2 Å². The van der Waals surface area contributed by atoms with Gasteiger partial charge in [-0.3, -0.25) is 19.5 Å². The highest BCUT2D eigenvalue weighted by molar-refractivity contribution is 6.36. The molecule has 9 nitrogen and oxygen atoms in total. The lowest BCUT2D eigenvalue weighted by Gasteiger charge is -2.58. The van der Waals surface area contributed by atoms with Gasteiger partial charge in [0.15, 0.2) is 5.82 Å². The van der Waals surface area contributed by atoms with E-state index in [9.17, 15) is 4.79 Å². The number of rotatable bonds is 7. The van der Waals surface area contributed by atoms with Crippen LogP contribution in [0.4, 0.5) is 14.6 Å². The number of alkyl halides is 2. The molecule has 1 atom stereocenters. The fraction of sp³-hybridized carbons (Fsp3) is 0.606. The summed E-state index contributed by atoms with van der Waals surface area (Å²) in [5.74, 6) is 0.527. The molecule has 12 heteroatoms. The van der Waals surface area contributed by atoms with E-state index in [4.69, 9.17) is 21.4 Å². The predicted molar refractivity (Wildman–Crippen MR) is 171 cm³/mol. The number of likely N-dealkylation sites (tertiary alicyclic amines) is 1. The smallest absolute Gasteiger partial charge is 0.262 e. The Kier molecular flexibility index (Phi) is 7.72. The van der Waals surface area contributed by atoms with Gasteiger partial charge in [0.2, 0.25) is 5.91 Å². The van der Waals surface area contributed by atoms with Gasteiger partial charge in [-0.1, -0.05) is 25.1 Å². The second-order valence-electron chi connectivity index (χ2n) is 13.6. The first-order valence-electron chi connectivity index (χ1n) is 16.1. The number of carbonyl (C=O) groups is 1. The van der Waals surface area contributed by atoms with Gasteiger partial charge in [0.1, 0.15) is 5.54 Å². The zero-order chi connectivity index (χ0) is 31.7. The van der Waals surface area contributed by atoms with E-state index in [0.717, 1.165) is 59.0 Å². The van der Waals surface area contributed by atoms with Gasteiger partial charge in [-0.25, -0.2) is 8.78 Å². The number of aromatic amines is 1. The Balaban J connectivity index is 1.32. The average Bonchev–Trinajstić information content (AvgIpc) is 3.60. The summed E-state index contributed by atoms with van der Waals surface area (Å²) in [6, 6.07) is 2.31. The molecule has 2 aromatic heterocycles. The Bertz CT molecular complexity index is 1620. The minimum atomic E-state index is -2.58. The second-order valence-corrected chi connectivity index (χ2v) is 14.0. The highest BCUT2D eigenvalue weighted by Gasteiger charge is 2.55. The normalized spacial score (nSPS) is 24.4. The number of hydrogen-bond donors (Lipinski definition) is 1. The minimum absolute atomic E-state index is 0.0371. The third-order valence-corrected chi connectivity index (χ3v) is 11.6. The van der Waals surface area contributed by atoms with E-state index in [1.165, 1.54) is 6.08 Å². The van der Waals surface area contributed by atoms with Crippen molar-refractivity contribution in [2.45, 2.75) is 76.9 Å². The van der Waals surface area contributed by atoms with Gasteiger partial charge in [-0.2, -0.15) is 10.2 Å². The van der Waals surface area contributed by atoms with Crippen LogP contribution in [-0.4, -0.2) is 99.6 Å². The Morgan fingerprint density at radius 1 is 1.18 bits per heavy atom. The number of ether oxygens (including phenoxy) is 1. The molecular formula is C33H42ClF2N7O2. The number of benzene rings is 1. The van der Waals surface area contributed by atoms with Gasteiger partial charge in [-0.05, 0) is 63.7 Å². The molecule has 3 saturated heterocycles. The van der Waals surface area contributed by atoms with E-state index in [1.807, 2.05) is 36.6 Å². The summed E-state index contributed by atoms with van der Waals surface area (Å²) in [6.45, 7) is 13.6. The van der Waals surface area contributed by atoms with E-state index < -0.39 is 12.0 Å². The van der Waals surface area contributed by atoms with Gasteiger partial charge in [0.25, 0.3) is 6.43 Å². The van der Waals surface area contributed by atoms with Crippen molar-refractivity contribution in [2.24, 2.45) is 5.41 Å². The lowest BCUT2D eigenvalue weighted by atomic mass is 9.60. The monoisotopic (exact) mass is 641 g/mol. The van der Waals surface area contributed by atoms with Crippen molar-refractivity contribution in [3.63, 3.8) is 0 Å². The average molecular weight is 642 g/mol. The van der Waals surface area contributed by atoms with Crippen molar-refractivity contribution in [2.75, 3.05) is 50.8 Å². The van der Waals surface area contributed by atoms with Crippen LogP contribution in [0.5, 0.6) is 0 Å². The number of fused-ring (bicyclic) bond motifs is 1. The summed E-state index contributed by atoms with van der Waals surface area (Å²) >= 11 is 7.10. The van der Waals surface area contributed by atoms with Crippen molar-refractivity contribution in [1.82, 2.24) is 29.8 Å². The summed E-state index contributed by atoms with van der Waals surface area (Å²) in [5, 5.41) is 14.0. The summed E-state index contributed by atoms with van der Waals surface area (Å²) in [4.78, 5) is 18.1. The SMILES string of the molecule is C=CC(=O)N1CC2(CC(n3nc(N4CCN(C5CCOCC5)C[C@@]4(CC)C(F)F)c(-c4c(Cl)c(C)cc5[nH]ncc45)c3C)C2)C1. The van der Waals surface area contributed by atoms with Crippen LogP contribution >= 0.6 is 11.6 Å². The van der Waals surface area contributed by atoms with Crippen LogP contribution in [0.15, 0.2) is 24.9 Å². The molecule has 1 aliphatic carbocycles. The first-order chi connectivity index (χ1) is 21.6. The summed E-state index contributed by atoms with van der Waals surface area (Å²) in [5.41, 5.74) is 2.87. The number of halogens is 3. The van der Waals surface area contributed by atoms with Gasteiger partial charge in [0.05, 0.1) is 22.8 Å². The van der Waals surface area contributed by atoms with E-state index in [1.54, 1.807) is 6.20 Å². The molecule has 3 aromatic rings. The number of piperazine rings is 1. The molecule has 1 amide bonds. The highest BCUT2D eigenvalue weighted by atomic mass is 35.5. The number of aryl methyl sites for hydroxylation is 1. The third kappa shape index (κ3) is 4.79. The summed E-state index contributed by atoms with van der Waals surface area (Å²) < 4.78 is 38.7. The number of nitrogens with zero attached hydrogens (tertiary/aromatic N) is 6. The predicted octanol–water partition coefficient (Wildman–Crippen LogP) is 5.76. The maximum absolute atomic E-state index is 15.6. The summed E-state index contributed by atoms with van der Waals surface area (Å²) in [7, 11) is 0. The molecule has 0 radical (unpaired) electrons. The molecule has 1 spiro atoms. The number of H-pyrrole nitrogens is 1. The van der Waals surface area contributed by atoms with Gasteiger partial charge in [-0.15, -0.1) is 0 Å². The number of carbonyl (C=O) groups excluding carboxylic acids is 1. The number of hydrogen-bond acceptors (Lipinski definition) is 6. The summed E-state index contributed by atoms with van der Waals surface area (Å²) in [6.07, 6.45) is 4.30. The quantitative estimate of drug-likeness (QED) is 0.331. The van der Waals surface area contributed by atoms with E-state index in [-0.39, 0.29) is 36.4 Å². The molecule has 1 aromatic carbocycles. The van der Waals surface area contributed by atoms with Crippen molar-refractivity contribution < 1.29 is 18.3 Å². The van der Waals surface area contributed by atoms with Gasteiger partial charge < -0.3 is 14.5 Å². The molecule has 45 heavy (non-hydrogen) atoms. The molecule has 242 valence electrons. The maximum Gasteiger partial charge on any atom is 0.262 e. The lowest BCUT2D eigenvalue weighted by molar-refractivity contribution is -0.149. The lowest BCUT2D eigenvalue weighted by Crippen LogP contribution is -2.68. The molecule has 1 saturated carbocycles. The molecule has 4 fully saturated rings. The Labute approximate surface area is 267 Å². The number of amides is 1. The first-order valence-corrected chi connectivity index (χ1v) is 16.5. The molecule has 7 rings (SSSR count). The second kappa shape index (κ2) is 11.3. The van der Waals surface area contributed by atoms with Crippen molar-refractivity contribution >= 4 is 34.2 Å². The van der Waals surface area contributed by atoms with Crippen LogP contribution in [0.1, 0.15) is 56.3 Å². The number of anilines is 1. The largest absolute Gasteiger partial charge is 0.381 e. The van der Waals surface area contributed by atoms with Crippen LogP contribution in [0.3, 0.4) is 0 Å². The van der Waals surface area contributed by atoms with Crippen LogP contribution in [0.2, 0.25) is 5.02 Å². The fourth-order valence-electron chi connectivity index (χ4n) is 8.49.